The second-order valence-corrected chi connectivity index (χ2v) is 8.49. The average Bonchev–Trinajstić information content (AvgIpc) is 3.42. The molecule has 5 rings (SSSR count). The number of benzene rings is 2. The molecule has 2 amide bonds. The Morgan fingerprint density at radius 1 is 0.966 bits per heavy atom. The van der Waals surface area contributed by atoms with Crippen LogP contribution in [0.5, 0.6) is 0 Å². The highest BCUT2D eigenvalue weighted by Gasteiger charge is 2.44. The van der Waals surface area contributed by atoms with Crippen molar-refractivity contribution in [3.8, 4) is 0 Å². The topological polar surface area (TPSA) is 40.6 Å². The summed E-state index contributed by atoms with van der Waals surface area (Å²) in [5.74, 6) is -0.609. The van der Waals surface area contributed by atoms with E-state index in [4.69, 9.17) is 11.6 Å². The summed E-state index contributed by atoms with van der Waals surface area (Å²) in [6.45, 7) is 2.55. The predicted molar refractivity (Wildman–Crippen MR) is 117 cm³/mol. The van der Waals surface area contributed by atoms with Crippen molar-refractivity contribution in [2.75, 3.05) is 16.3 Å². The van der Waals surface area contributed by atoms with Gasteiger partial charge < -0.3 is 4.90 Å². The Kier molecular flexibility index (Phi) is 4.30. The molecular weight excluding hydrogens is 404 g/mol. The third kappa shape index (κ3) is 2.81. The number of halogens is 1. The molecule has 0 radical (unpaired) electrons. The highest BCUT2D eigenvalue weighted by molar-refractivity contribution is 7.11. The van der Waals surface area contributed by atoms with Crippen molar-refractivity contribution >= 4 is 51.7 Å². The average molecular weight is 421 g/mol. The summed E-state index contributed by atoms with van der Waals surface area (Å²) in [4.78, 5) is 31.2. The number of amides is 2. The van der Waals surface area contributed by atoms with Gasteiger partial charge in [0.1, 0.15) is 5.70 Å². The van der Waals surface area contributed by atoms with E-state index >= 15 is 0 Å². The van der Waals surface area contributed by atoms with Crippen LogP contribution in [0.25, 0.3) is 5.57 Å². The quantitative estimate of drug-likeness (QED) is 0.556. The molecule has 2 aromatic carbocycles. The fourth-order valence-electron chi connectivity index (χ4n) is 4.02. The molecule has 0 aliphatic carbocycles. The second kappa shape index (κ2) is 6.87. The Morgan fingerprint density at radius 2 is 1.79 bits per heavy atom. The SMILES string of the molecule is Cc1ccc(Cl)cc1N1C(=O)C(c2cccs2)=C(N2CCc3ccccc32)C1=O. The number of para-hydroxylation sites is 1. The monoisotopic (exact) mass is 420 g/mol. The van der Waals surface area contributed by atoms with Crippen LogP contribution in [0.2, 0.25) is 5.02 Å². The van der Waals surface area contributed by atoms with E-state index in [0.717, 1.165) is 22.5 Å². The lowest BCUT2D eigenvalue weighted by atomic mass is 10.1. The standard InChI is InChI=1S/C23H17ClN2O2S/c1-14-8-9-16(24)13-18(14)26-22(27)20(19-7-4-12-29-19)21(23(26)28)25-11-10-15-5-2-3-6-17(15)25/h2-9,12-13H,10-11H2,1H3. The Bertz CT molecular complexity index is 1180. The molecule has 0 atom stereocenters. The minimum absolute atomic E-state index is 0.304. The fraction of sp³-hybridized carbons (Fsp3) is 0.130. The van der Waals surface area contributed by atoms with Crippen molar-refractivity contribution in [3.05, 3.63) is 86.7 Å². The second-order valence-electron chi connectivity index (χ2n) is 7.11. The predicted octanol–water partition coefficient (Wildman–Crippen LogP) is 5.06. The van der Waals surface area contributed by atoms with E-state index < -0.39 is 0 Å². The summed E-state index contributed by atoms with van der Waals surface area (Å²) in [6.07, 6.45) is 0.842. The van der Waals surface area contributed by atoms with Crippen LogP contribution < -0.4 is 9.80 Å². The van der Waals surface area contributed by atoms with Gasteiger partial charge in [0.15, 0.2) is 0 Å². The summed E-state index contributed by atoms with van der Waals surface area (Å²) in [5, 5.41) is 2.41. The van der Waals surface area contributed by atoms with Gasteiger partial charge in [-0.3, -0.25) is 9.59 Å². The van der Waals surface area contributed by atoms with Gasteiger partial charge in [-0.15, -0.1) is 11.3 Å². The lowest BCUT2D eigenvalue weighted by Gasteiger charge is -2.22. The molecular formula is C23H17ClN2O2S. The molecule has 0 saturated heterocycles. The molecule has 0 bridgehead atoms. The molecule has 3 heterocycles. The number of carbonyl (C=O) groups excluding carboxylic acids is 2. The third-order valence-electron chi connectivity index (χ3n) is 5.40. The zero-order valence-corrected chi connectivity index (χ0v) is 17.3. The molecule has 3 aromatic rings. The minimum Gasteiger partial charge on any atom is -0.336 e. The summed E-state index contributed by atoms with van der Waals surface area (Å²) in [7, 11) is 0. The van der Waals surface area contributed by atoms with Crippen LogP contribution in [-0.2, 0) is 16.0 Å². The van der Waals surface area contributed by atoms with Crippen molar-refractivity contribution in [2.45, 2.75) is 13.3 Å². The number of anilines is 2. The molecule has 4 nitrogen and oxygen atoms in total. The molecule has 0 N–H and O–H groups in total. The fourth-order valence-corrected chi connectivity index (χ4v) is 4.95. The van der Waals surface area contributed by atoms with E-state index in [-0.39, 0.29) is 11.8 Å². The Balaban J connectivity index is 1.69. The summed E-state index contributed by atoms with van der Waals surface area (Å²) in [5.41, 5.74) is 4.43. The number of imide groups is 1. The van der Waals surface area contributed by atoms with Gasteiger partial charge in [-0.05, 0) is 54.1 Å². The van der Waals surface area contributed by atoms with Gasteiger partial charge in [-0.2, -0.15) is 0 Å². The van der Waals surface area contributed by atoms with Gasteiger partial charge in [0.05, 0.1) is 11.3 Å². The van der Waals surface area contributed by atoms with Crippen LogP contribution in [0.4, 0.5) is 11.4 Å². The van der Waals surface area contributed by atoms with E-state index in [1.165, 1.54) is 21.8 Å². The van der Waals surface area contributed by atoms with Crippen molar-refractivity contribution < 1.29 is 9.59 Å². The molecule has 0 saturated carbocycles. The first-order valence-corrected chi connectivity index (χ1v) is 10.6. The van der Waals surface area contributed by atoms with Gasteiger partial charge >= 0.3 is 0 Å². The van der Waals surface area contributed by atoms with Crippen LogP contribution in [0, 0.1) is 6.92 Å². The van der Waals surface area contributed by atoms with Crippen molar-refractivity contribution in [1.82, 2.24) is 0 Å². The van der Waals surface area contributed by atoms with E-state index in [0.29, 0.717) is 28.5 Å². The van der Waals surface area contributed by atoms with Crippen LogP contribution >= 0.6 is 22.9 Å². The third-order valence-corrected chi connectivity index (χ3v) is 6.52. The zero-order chi connectivity index (χ0) is 20.1. The van der Waals surface area contributed by atoms with Crippen LogP contribution in [0.1, 0.15) is 16.0 Å². The lowest BCUT2D eigenvalue weighted by molar-refractivity contribution is -0.120. The van der Waals surface area contributed by atoms with Gasteiger partial charge in [0, 0.05) is 22.1 Å². The molecule has 0 spiro atoms. The number of hydrogen-bond donors (Lipinski definition) is 0. The maximum atomic E-state index is 13.6. The lowest BCUT2D eigenvalue weighted by Crippen LogP contribution is -2.35. The Morgan fingerprint density at radius 3 is 2.59 bits per heavy atom. The van der Waals surface area contributed by atoms with Crippen molar-refractivity contribution in [1.29, 1.82) is 0 Å². The van der Waals surface area contributed by atoms with Gasteiger partial charge in [-0.1, -0.05) is 41.9 Å². The number of hydrogen-bond acceptors (Lipinski definition) is 4. The minimum atomic E-state index is -0.305. The van der Waals surface area contributed by atoms with Gasteiger partial charge in [-0.25, -0.2) is 4.90 Å². The number of carbonyl (C=O) groups is 2. The molecule has 0 unspecified atom stereocenters. The van der Waals surface area contributed by atoms with Crippen molar-refractivity contribution in [2.24, 2.45) is 0 Å². The largest absolute Gasteiger partial charge is 0.336 e. The first-order valence-electron chi connectivity index (χ1n) is 9.35. The van der Waals surface area contributed by atoms with E-state index in [2.05, 4.69) is 6.07 Å². The van der Waals surface area contributed by atoms with Crippen LogP contribution in [-0.4, -0.2) is 18.4 Å². The number of fused-ring (bicyclic) bond motifs is 1. The van der Waals surface area contributed by atoms with E-state index in [9.17, 15) is 9.59 Å². The summed E-state index contributed by atoms with van der Waals surface area (Å²) in [6, 6.07) is 17.1. The molecule has 0 fully saturated rings. The highest BCUT2D eigenvalue weighted by atomic mass is 35.5. The first-order chi connectivity index (χ1) is 14.1. The molecule has 2 aliphatic rings. The maximum absolute atomic E-state index is 13.6. The van der Waals surface area contributed by atoms with Crippen LogP contribution in [0.15, 0.2) is 65.7 Å². The molecule has 144 valence electrons. The van der Waals surface area contributed by atoms with Gasteiger partial charge in [0.2, 0.25) is 0 Å². The zero-order valence-electron chi connectivity index (χ0n) is 15.7. The normalized spacial score (nSPS) is 16.2. The first kappa shape index (κ1) is 18.2. The molecule has 1 aromatic heterocycles. The smallest absolute Gasteiger partial charge is 0.282 e. The number of nitrogens with zero attached hydrogens (tertiary/aromatic N) is 2. The molecule has 29 heavy (non-hydrogen) atoms. The van der Waals surface area contributed by atoms with E-state index in [1.807, 2.05) is 53.6 Å². The van der Waals surface area contributed by atoms with E-state index in [1.54, 1.807) is 12.1 Å². The summed E-state index contributed by atoms with van der Waals surface area (Å²) >= 11 is 7.65. The maximum Gasteiger partial charge on any atom is 0.282 e. The number of aryl methyl sites for hydroxylation is 1. The number of rotatable bonds is 3. The Labute approximate surface area is 177 Å². The molecule has 2 aliphatic heterocycles. The number of thiophene rings is 1. The van der Waals surface area contributed by atoms with Crippen LogP contribution in [0.3, 0.4) is 0 Å². The summed E-state index contributed by atoms with van der Waals surface area (Å²) < 4.78 is 0. The van der Waals surface area contributed by atoms with Crippen molar-refractivity contribution in [3.63, 3.8) is 0 Å². The highest BCUT2D eigenvalue weighted by Crippen LogP contribution is 2.41. The molecule has 6 heteroatoms. The Hall–Kier alpha value is -2.89. The van der Waals surface area contributed by atoms with Gasteiger partial charge in [0.25, 0.3) is 11.8 Å².